The lowest BCUT2D eigenvalue weighted by molar-refractivity contribution is -0.00521. The molecule has 4 heteroatoms. The Morgan fingerprint density at radius 3 is 2.27 bits per heavy atom. The summed E-state index contributed by atoms with van der Waals surface area (Å²) in [5, 5.41) is 0. The quantitative estimate of drug-likeness (QED) is 0.821. The number of hydrogen-bond acceptors (Lipinski definition) is 4. The molecular formula is C22H26N4. The smallest absolute Gasteiger partial charge is 0.222 e. The molecule has 1 aromatic heterocycles. The summed E-state index contributed by atoms with van der Waals surface area (Å²) in [7, 11) is 0. The van der Waals surface area contributed by atoms with Crippen LogP contribution in [-0.4, -0.2) is 9.97 Å². The van der Waals surface area contributed by atoms with E-state index in [1.807, 2.05) is 0 Å². The molecule has 5 aliphatic carbocycles. The van der Waals surface area contributed by atoms with Crippen molar-refractivity contribution in [3.63, 3.8) is 0 Å². The molecule has 4 N–H and O–H groups in total. The van der Waals surface area contributed by atoms with E-state index in [2.05, 4.69) is 28.2 Å². The van der Waals surface area contributed by atoms with Gasteiger partial charge in [0.2, 0.25) is 5.95 Å². The molecule has 0 radical (unpaired) electrons. The summed E-state index contributed by atoms with van der Waals surface area (Å²) in [5.74, 6) is 3.74. The van der Waals surface area contributed by atoms with Gasteiger partial charge in [0.1, 0.15) is 5.82 Å². The highest BCUT2D eigenvalue weighted by Crippen LogP contribution is 2.61. The number of nitrogens with zero attached hydrogens (tertiary/aromatic N) is 2. The molecule has 0 saturated heterocycles. The maximum atomic E-state index is 6.21. The van der Waals surface area contributed by atoms with Gasteiger partial charge in [0.05, 0.1) is 5.69 Å². The highest BCUT2D eigenvalue weighted by Gasteiger charge is 2.51. The van der Waals surface area contributed by atoms with Gasteiger partial charge in [-0.3, -0.25) is 0 Å². The van der Waals surface area contributed by atoms with Gasteiger partial charge in [0.15, 0.2) is 0 Å². The molecule has 0 atom stereocenters. The van der Waals surface area contributed by atoms with Crippen molar-refractivity contribution in [1.29, 1.82) is 0 Å². The molecule has 2 aromatic rings. The van der Waals surface area contributed by atoms with E-state index in [1.54, 1.807) is 5.56 Å². The molecule has 4 nitrogen and oxygen atoms in total. The van der Waals surface area contributed by atoms with Gasteiger partial charge in [-0.2, -0.15) is 4.98 Å². The molecule has 26 heavy (non-hydrogen) atoms. The minimum atomic E-state index is 0.287. The summed E-state index contributed by atoms with van der Waals surface area (Å²) >= 11 is 0. The van der Waals surface area contributed by atoms with Crippen LogP contribution in [0.1, 0.15) is 55.3 Å². The zero-order valence-electron chi connectivity index (χ0n) is 15.2. The van der Waals surface area contributed by atoms with Crippen molar-refractivity contribution in [3.8, 4) is 11.1 Å². The summed E-state index contributed by atoms with van der Waals surface area (Å²) in [6.45, 7) is 0. The molecule has 0 amide bonds. The van der Waals surface area contributed by atoms with Crippen molar-refractivity contribution in [2.45, 2.75) is 56.8 Å². The summed E-state index contributed by atoms with van der Waals surface area (Å²) in [6, 6.07) is 7.18. The minimum Gasteiger partial charge on any atom is -0.383 e. The van der Waals surface area contributed by atoms with Crippen LogP contribution in [0.4, 0.5) is 11.8 Å². The average Bonchev–Trinajstić information content (AvgIpc) is 2.59. The molecule has 5 aliphatic rings. The summed E-state index contributed by atoms with van der Waals surface area (Å²) in [6.07, 6.45) is 10.6. The first-order chi connectivity index (χ1) is 12.6. The van der Waals surface area contributed by atoms with Crippen LogP contribution in [0.5, 0.6) is 0 Å². The van der Waals surface area contributed by atoms with E-state index in [1.165, 1.54) is 49.7 Å². The number of aryl methyl sites for hydroxylation is 2. The molecule has 7 rings (SSSR count). The summed E-state index contributed by atoms with van der Waals surface area (Å²) < 4.78 is 0. The second-order valence-electron chi connectivity index (χ2n) is 9.36. The fourth-order valence-corrected chi connectivity index (χ4v) is 7.11. The third kappa shape index (κ3) is 2.02. The van der Waals surface area contributed by atoms with Crippen LogP contribution in [-0.2, 0) is 18.3 Å². The van der Waals surface area contributed by atoms with Gasteiger partial charge in [-0.1, -0.05) is 18.2 Å². The number of nitrogens with two attached hydrogens (primary N) is 2. The van der Waals surface area contributed by atoms with Gasteiger partial charge in [-0.25, -0.2) is 4.98 Å². The average molecular weight is 346 g/mol. The predicted molar refractivity (Wildman–Crippen MR) is 104 cm³/mol. The van der Waals surface area contributed by atoms with Crippen LogP contribution < -0.4 is 11.5 Å². The van der Waals surface area contributed by atoms with Gasteiger partial charge < -0.3 is 11.5 Å². The van der Waals surface area contributed by atoms with Crippen molar-refractivity contribution >= 4 is 11.8 Å². The lowest BCUT2D eigenvalue weighted by Gasteiger charge is -2.57. The van der Waals surface area contributed by atoms with E-state index in [0.717, 1.165) is 41.9 Å². The Labute approximate surface area is 154 Å². The Morgan fingerprint density at radius 1 is 0.885 bits per heavy atom. The fourth-order valence-electron chi connectivity index (χ4n) is 7.11. The zero-order chi connectivity index (χ0) is 17.5. The van der Waals surface area contributed by atoms with Crippen molar-refractivity contribution in [2.24, 2.45) is 17.8 Å². The van der Waals surface area contributed by atoms with E-state index < -0.39 is 0 Å². The minimum absolute atomic E-state index is 0.287. The lowest BCUT2D eigenvalue weighted by Crippen LogP contribution is -2.48. The first-order valence-corrected chi connectivity index (χ1v) is 10.2. The van der Waals surface area contributed by atoms with Gasteiger partial charge >= 0.3 is 0 Å². The number of anilines is 2. The number of nitrogen functional groups attached to an aromatic ring is 2. The maximum Gasteiger partial charge on any atom is 0.222 e. The van der Waals surface area contributed by atoms with Crippen molar-refractivity contribution in [2.75, 3.05) is 11.5 Å². The standard InChI is InChI=1S/C22H26N4/c23-20-19-17-3-2-16(8-15(17)1-4-18(19)25-21(24)26-20)22-9-12-5-13(10-22)7-14(6-12)11-22/h2-3,8,12-14H,1,4-7,9-11H2,(H4,23,24,25,26). The monoisotopic (exact) mass is 346 g/mol. The summed E-state index contributed by atoms with van der Waals surface area (Å²) in [4.78, 5) is 8.64. The van der Waals surface area contributed by atoms with Crippen molar-refractivity contribution < 1.29 is 0 Å². The first-order valence-electron chi connectivity index (χ1n) is 10.2. The Morgan fingerprint density at radius 2 is 1.58 bits per heavy atom. The molecular weight excluding hydrogens is 320 g/mol. The number of rotatable bonds is 1. The Bertz CT molecular complexity index is 881. The molecule has 0 aliphatic heterocycles. The Balaban J connectivity index is 1.45. The Kier molecular flexibility index (Phi) is 2.88. The first kappa shape index (κ1) is 15.0. The van der Waals surface area contributed by atoms with Gasteiger partial charge in [0.25, 0.3) is 0 Å². The molecule has 134 valence electrons. The highest BCUT2D eigenvalue weighted by atomic mass is 15.0. The van der Waals surface area contributed by atoms with Crippen LogP contribution in [0.25, 0.3) is 11.1 Å². The lowest BCUT2D eigenvalue weighted by atomic mass is 9.48. The van der Waals surface area contributed by atoms with E-state index in [4.69, 9.17) is 11.5 Å². The van der Waals surface area contributed by atoms with Gasteiger partial charge in [0, 0.05) is 5.56 Å². The van der Waals surface area contributed by atoms with E-state index in [-0.39, 0.29) is 5.95 Å². The Hall–Kier alpha value is -2.10. The molecule has 1 aromatic carbocycles. The summed E-state index contributed by atoms with van der Waals surface area (Å²) in [5.41, 5.74) is 18.7. The van der Waals surface area contributed by atoms with Gasteiger partial charge in [-0.15, -0.1) is 0 Å². The van der Waals surface area contributed by atoms with Crippen LogP contribution >= 0.6 is 0 Å². The van der Waals surface area contributed by atoms with E-state index in [9.17, 15) is 0 Å². The highest BCUT2D eigenvalue weighted by molar-refractivity contribution is 5.81. The topological polar surface area (TPSA) is 77.8 Å². The number of hydrogen-bond donors (Lipinski definition) is 2. The predicted octanol–water partition coefficient (Wildman–Crippen LogP) is 3.87. The maximum absolute atomic E-state index is 6.21. The second-order valence-corrected chi connectivity index (χ2v) is 9.36. The van der Waals surface area contributed by atoms with Crippen LogP contribution in [0.15, 0.2) is 18.2 Å². The molecule has 0 spiro atoms. The SMILES string of the molecule is Nc1nc(N)c2c(n1)CCc1cc(C34CC5CC(CC(C5)C3)C4)ccc1-2. The van der Waals surface area contributed by atoms with Crippen LogP contribution in [0.2, 0.25) is 0 Å². The third-order valence-corrected chi connectivity index (χ3v) is 7.69. The zero-order valence-corrected chi connectivity index (χ0v) is 15.2. The fraction of sp³-hybridized carbons (Fsp3) is 0.545. The molecule has 1 heterocycles. The second kappa shape index (κ2) is 4.99. The molecule has 4 saturated carbocycles. The third-order valence-electron chi connectivity index (χ3n) is 7.69. The van der Waals surface area contributed by atoms with E-state index in [0.29, 0.717) is 11.2 Å². The molecule has 4 fully saturated rings. The van der Waals surface area contributed by atoms with Crippen molar-refractivity contribution in [3.05, 3.63) is 35.0 Å². The van der Waals surface area contributed by atoms with E-state index >= 15 is 0 Å². The molecule has 4 bridgehead atoms. The normalized spacial score (nSPS) is 33.8. The number of benzene rings is 1. The van der Waals surface area contributed by atoms with Crippen LogP contribution in [0, 0.1) is 17.8 Å². The largest absolute Gasteiger partial charge is 0.383 e. The van der Waals surface area contributed by atoms with Gasteiger partial charge in [-0.05, 0) is 91.2 Å². The number of fused-ring (bicyclic) bond motifs is 3. The number of aromatic nitrogens is 2. The van der Waals surface area contributed by atoms with Crippen LogP contribution in [0.3, 0.4) is 0 Å². The van der Waals surface area contributed by atoms with Crippen molar-refractivity contribution in [1.82, 2.24) is 9.97 Å². The molecule has 0 unspecified atom stereocenters.